The lowest BCUT2D eigenvalue weighted by molar-refractivity contribution is -0.120. The van der Waals surface area contributed by atoms with Crippen LogP contribution in [-0.4, -0.2) is 35.7 Å². The summed E-state index contributed by atoms with van der Waals surface area (Å²) < 4.78 is 0. The lowest BCUT2D eigenvalue weighted by Gasteiger charge is -2.18. The Bertz CT molecular complexity index is 959. The normalized spacial score (nSPS) is 13.9. The lowest BCUT2D eigenvalue weighted by Crippen LogP contribution is -2.31. The first-order valence-electron chi connectivity index (χ1n) is 9.70. The number of carbonyl (C=O) groups excluding carboxylic acids is 3. The van der Waals surface area contributed by atoms with E-state index in [1.807, 2.05) is 31.2 Å². The summed E-state index contributed by atoms with van der Waals surface area (Å²) in [6.07, 6.45) is 3.62. The van der Waals surface area contributed by atoms with Gasteiger partial charge >= 0.3 is 0 Å². The van der Waals surface area contributed by atoms with E-state index < -0.39 is 5.91 Å². The van der Waals surface area contributed by atoms with Crippen LogP contribution in [0.1, 0.15) is 41.3 Å². The van der Waals surface area contributed by atoms with E-state index in [0.717, 1.165) is 37.1 Å². The minimum atomic E-state index is -0.481. The molecule has 6 nitrogen and oxygen atoms in total. The molecule has 3 rings (SSSR count). The molecule has 0 radical (unpaired) electrons. The first-order valence-corrected chi connectivity index (χ1v) is 9.70. The Balaban J connectivity index is 1.88. The number of aryl methyl sites for hydroxylation is 1. The Hall–Kier alpha value is -3.41. The molecule has 0 aliphatic carbocycles. The third kappa shape index (κ3) is 5.10. The second-order valence-corrected chi connectivity index (χ2v) is 7.09. The zero-order chi connectivity index (χ0) is 20.8. The molecule has 0 bridgehead atoms. The average molecular weight is 391 g/mol. The minimum Gasteiger partial charge on any atom is -0.339 e. The maximum absolute atomic E-state index is 12.9. The van der Waals surface area contributed by atoms with Crippen molar-refractivity contribution in [3.8, 4) is 0 Å². The molecule has 29 heavy (non-hydrogen) atoms. The highest BCUT2D eigenvalue weighted by molar-refractivity contribution is 6.11. The van der Waals surface area contributed by atoms with E-state index >= 15 is 0 Å². The predicted octanol–water partition coefficient (Wildman–Crippen LogP) is 3.35. The van der Waals surface area contributed by atoms with Gasteiger partial charge in [-0.05, 0) is 49.1 Å². The van der Waals surface area contributed by atoms with Gasteiger partial charge in [0.15, 0.2) is 0 Å². The van der Waals surface area contributed by atoms with Crippen LogP contribution in [0, 0.1) is 6.92 Å². The molecular weight excluding hydrogens is 366 g/mol. The fourth-order valence-corrected chi connectivity index (χ4v) is 3.31. The Morgan fingerprint density at radius 1 is 0.966 bits per heavy atom. The SMILES string of the molecule is CC(=O)NC(=Cc1ccccc1C)C(=O)Nc1ccccc1C(=O)N1CCCC1. The van der Waals surface area contributed by atoms with Crippen LogP contribution in [0.5, 0.6) is 0 Å². The van der Waals surface area contributed by atoms with Crippen LogP contribution in [0.4, 0.5) is 5.69 Å². The van der Waals surface area contributed by atoms with Crippen LogP contribution in [0.25, 0.3) is 6.08 Å². The highest BCUT2D eigenvalue weighted by atomic mass is 16.2. The van der Waals surface area contributed by atoms with Crippen molar-refractivity contribution in [2.45, 2.75) is 26.7 Å². The van der Waals surface area contributed by atoms with Gasteiger partial charge in [0.1, 0.15) is 5.70 Å². The molecule has 0 atom stereocenters. The van der Waals surface area contributed by atoms with E-state index in [2.05, 4.69) is 10.6 Å². The summed E-state index contributed by atoms with van der Waals surface area (Å²) in [4.78, 5) is 39.2. The number of hydrogen-bond acceptors (Lipinski definition) is 3. The minimum absolute atomic E-state index is 0.0950. The summed E-state index contributed by atoms with van der Waals surface area (Å²) in [7, 11) is 0. The molecular formula is C23H25N3O3. The topological polar surface area (TPSA) is 78.5 Å². The maximum Gasteiger partial charge on any atom is 0.272 e. The van der Waals surface area contributed by atoms with E-state index in [0.29, 0.717) is 11.3 Å². The van der Waals surface area contributed by atoms with Crippen LogP contribution in [0.15, 0.2) is 54.2 Å². The molecule has 1 fully saturated rings. The smallest absolute Gasteiger partial charge is 0.272 e. The quantitative estimate of drug-likeness (QED) is 0.768. The summed E-state index contributed by atoms with van der Waals surface area (Å²) >= 11 is 0. The largest absolute Gasteiger partial charge is 0.339 e. The number of nitrogens with zero attached hydrogens (tertiary/aromatic N) is 1. The third-order valence-electron chi connectivity index (χ3n) is 4.84. The molecule has 1 heterocycles. The number of para-hydroxylation sites is 1. The zero-order valence-electron chi connectivity index (χ0n) is 16.7. The van der Waals surface area contributed by atoms with E-state index in [9.17, 15) is 14.4 Å². The number of amides is 3. The fraction of sp³-hybridized carbons (Fsp3) is 0.261. The van der Waals surface area contributed by atoms with Crippen LogP contribution in [0.2, 0.25) is 0 Å². The lowest BCUT2D eigenvalue weighted by atomic mass is 10.1. The number of anilines is 1. The van der Waals surface area contributed by atoms with Gasteiger partial charge in [-0.3, -0.25) is 14.4 Å². The summed E-state index contributed by atoms with van der Waals surface area (Å²) in [6, 6.07) is 14.5. The van der Waals surface area contributed by atoms with Gasteiger partial charge in [-0.1, -0.05) is 36.4 Å². The highest BCUT2D eigenvalue weighted by Crippen LogP contribution is 2.21. The summed E-state index contributed by atoms with van der Waals surface area (Å²) in [5.41, 5.74) is 2.80. The molecule has 1 saturated heterocycles. The zero-order valence-corrected chi connectivity index (χ0v) is 16.7. The van der Waals surface area contributed by atoms with Crippen molar-refractivity contribution in [3.63, 3.8) is 0 Å². The maximum atomic E-state index is 12.9. The van der Waals surface area contributed by atoms with Crippen molar-refractivity contribution >= 4 is 29.5 Å². The van der Waals surface area contributed by atoms with E-state index in [4.69, 9.17) is 0 Å². The second-order valence-electron chi connectivity index (χ2n) is 7.09. The Morgan fingerprint density at radius 2 is 1.62 bits per heavy atom. The van der Waals surface area contributed by atoms with Crippen molar-refractivity contribution in [2.24, 2.45) is 0 Å². The van der Waals surface area contributed by atoms with Gasteiger partial charge in [-0.2, -0.15) is 0 Å². The van der Waals surface area contributed by atoms with Crippen molar-refractivity contribution in [2.75, 3.05) is 18.4 Å². The van der Waals surface area contributed by atoms with E-state index in [-0.39, 0.29) is 17.5 Å². The average Bonchev–Trinajstić information content (AvgIpc) is 3.23. The van der Waals surface area contributed by atoms with E-state index in [1.165, 1.54) is 6.92 Å². The molecule has 150 valence electrons. The van der Waals surface area contributed by atoms with Crippen molar-refractivity contribution in [1.82, 2.24) is 10.2 Å². The van der Waals surface area contributed by atoms with Gasteiger partial charge in [0.2, 0.25) is 5.91 Å². The number of benzene rings is 2. The number of carbonyl (C=O) groups is 3. The van der Waals surface area contributed by atoms with Crippen LogP contribution in [-0.2, 0) is 9.59 Å². The number of rotatable bonds is 5. The number of nitrogens with one attached hydrogen (secondary N) is 2. The number of hydrogen-bond donors (Lipinski definition) is 2. The standard InChI is InChI=1S/C23H25N3O3/c1-16-9-3-4-10-18(16)15-21(24-17(2)27)22(28)25-20-12-6-5-11-19(20)23(29)26-13-7-8-14-26/h3-6,9-12,15H,7-8,13-14H2,1-2H3,(H,24,27)(H,25,28). The molecule has 2 N–H and O–H groups in total. The summed E-state index contributed by atoms with van der Waals surface area (Å²) in [5.74, 6) is -0.922. The third-order valence-corrected chi connectivity index (χ3v) is 4.84. The van der Waals surface area contributed by atoms with Gasteiger partial charge in [0.05, 0.1) is 11.3 Å². The monoisotopic (exact) mass is 391 g/mol. The first kappa shape index (κ1) is 20.3. The molecule has 0 saturated carbocycles. The van der Waals surface area contributed by atoms with Crippen molar-refractivity contribution < 1.29 is 14.4 Å². The van der Waals surface area contributed by atoms with Crippen molar-refractivity contribution in [1.29, 1.82) is 0 Å². The van der Waals surface area contributed by atoms with E-state index in [1.54, 1.807) is 35.2 Å². The molecule has 3 amide bonds. The van der Waals surface area contributed by atoms with Gasteiger partial charge in [-0.15, -0.1) is 0 Å². The molecule has 1 aliphatic heterocycles. The Labute approximate surface area is 170 Å². The molecule has 0 aromatic heterocycles. The van der Waals surface area contributed by atoms with Gasteiger partial charge < -0.3 is 15.5 Å². The molecule has 1 aliphatic rings. The van der Waals surface area contributed by atoms with Crippen LogP contribution in [0.3, 0.4) is 0 Å². The Kier molecular flexibility index (Phi) is 6.44. The Morgan fingerprint density at radius 3 is 2.31 bits per heavy atom. The molecule has 6 heteroatoms. The predicted molar refractivity (Wildman–Crippen MR) is 113 cm³/mol. The molecule has 2 aromatic carbocycles. The van der Waals surface area contributed by atoms with Gasteiger partial charge in [0.25, 0.3) is 11.8 Å². The fourth-order valence-electron chi connectivity index (χ4n) is 3.31. The van der Waals surface area contributed by atoms with Gasteiger partial charge in [0, 0.05) is 20.0 Å². The van der Waals surface area contributed by atoms with Crippen LogP contribution < -0.4 is 10.6 Å². The second kappa shape index (κ2) is 9.19. The molecule has 2 aromatic rings. The molecule has 0 unspecified atom stereocenters. The van der Waals surface area contributed by atoms with Crippen molar-refractivity contribution in [3.05, 3.63) is 70.9 Å². The highest BCUT2D eigenvalue weighted by Gasteiger charge is 2.23. The molecule has 0 spiro atoms. The summed E-state index contributed by atoms with van der Waals surface area (Å²) in [6.45, 7) is 4.74. The first-order chi connectivity index (χ1) is 14.0. The number of likely N-dealkylation sites (tertiary alicyclic amines) is 1. The van der Waals surface area contributed by atoms with Gasteiger partial charge in [-0.25, -0.2) is 0 Å². The summed E-state index contributed by atoms with van der Waals surface area (Å²) in [5, 5.41) is 5.38. The van der Waals surface area contributed by atoms with Crippen LogP contribution >= 0.6 is 0 Å².